The van der Waals surface area contributed by atoms with Crippen molar-refractivity contribution in [1.29, 1.82) is 0 Å². The Morgan fingerprint density at radius 3 is 2.72 bits per heavy atom. The minimum atomic E-state index is -0.134. The van der Waals surface area contributed by atoms with Crippen LogP contribution in [0.1, 0.15) is 58.8 Å². The Labute approximate surface area is 150 Å². The number of carbonyl (C=O) groups is 1. The van der Waals surface area contributed by atoms with E-state index in [1.165, 1.54) is 30.7 Å². The molecule has 4 heteroatoms. The molecule has 0 aromatic rings. The lowest BCUT2D eigenvalue weighted by Crippen LogP contribution is -2.56. The molecule has 0 aromatic heterocycles. The van der Waals surface area contributed by atoms with Crippen molar-refractivity contribution < 1.29 is 9.90 Å². The first-order chi connectivity index (χ1) is 11.8. The van der Waals surface area contributed by atoms with E-state index in [9.17, 15) is 9.90 Å². The van der Waals surface area contributed by atoms with Crippen LogP contribution < -0.4 is 5.84 Å². The van der Waals surface area contributed by atoms with E-state index in [1.807, 2.05) is 0 Å². The van der Waals surface area contributed by atoms with Crippen LogP contribution in [0, 0.1) is 39.9 Å². The average Bonchev–Trinajstić information content (AvgIpc) is 3.09. The second kappa shape index (κ2) is 4.69. The van der Waals surface area contributed by atoms with Crippen molar-refractivity contribution in [2.75, 3.05) is 7.05 Å². The molecule has 5 aliphatic rings. The van der Waals surface area contributed by atoms with Gasteiger partial charge in [-0.05, 0) is 74.0 Å². The van der Waals surface area contributed by atoms with Crippen LogP contribution in [0.3, 0.4) is 0 Å². The number of carbonyl (C=O) groups excluding carboxylic acids is 1. The number of fused-ring (bicyclic) bond motifs is 4. The Kier molecular flexibility index (Phi) is 3.06. The molecule has 0 heterocycles. The van der Waals surface area contributed by atoms with Crippen LogP contribution >= 0.6 is 0 Å². The van der Waals surface area contributed by atoms with Gasteiger partial charge in [0, 0.05) is 23.5 Å². The molecule has 4 fully saturated rings. The zero-order valence-electron chi connectivity index (χ0n) is 15.8. The lowest BCUT2D eigenvalue weighted by Gasteiger charge is -2.59. The van der Waals surface area contributed by atoms with Gasteiger partial charge in [-0.15, -0.1) is 0 Å². The van der Waals surface area contributed by atoms with Crippen molar-refractivity contribution in [3.63, 3.8) is 0 Å². The van der Waals surface area contributed by atoms with Crippen molar-refractivity contribution >= 4 is 5.91 Å². The highest BCUT2D eigenvalue weighted by molar-refractivity contribution is 5.94. The van der Waals surface area contributed by atoms with Crippen molar-refractivity contribution in [1.82, 2.24) is 5.01 Å². The summed E-state index contributed by atoms with van der Waals surface area (Å²) in [5.74, 6) is 8.29. The Morgan fingerprint density at radius 2 is 2.04 bits per heavy atom. The van der Waals surface area contributed by atoms with Gasteiger partial charge in [-0.3, -0.25) is 9.80 Å². The van der Waals surface area contributed by atoms with Gasteiger partial charge in [0.2, 0.25) is 0 Å². The summed E-state index contributed by atoms with van der Waals surface area (Å²) >= 11 is 0. The number of nitrogens with two attached hydrogens (primary N) is 1. The minimum absolute atomic E-state index is 0.0226. The summed E-state index contributed by atoms with van der Waals surface area (Å²) in [5, 5.41) is 12.4. The highest BCUT2D eigenvalue weighted by Crippen LogP contribution is 2.81. The third-order valence-electron chi connectivity index (χ3n) is 9.71. The fourth-order valence-electron chi connectivity index (χ4n) is 8.40. The van der Waals surface area contributed by atoms with Crippen LogP contribution in [0.25, 0.3) is 0 Å². The van der Waals surface area contributed by atoms with Gasteiger partial charge in [-0.25, -0.2) is 5.84 Å². The SMILES string of the molecule is CN(N)C(=O)C1=CC[C@H]2[C@@H]3C[C@H](O)[C@]45C[C@@H]4CC[C@]5(C)[C@H]3CC[C@]12C. The van der Waals surface area contributed by atoms with Gasteiger partial charge in [0.05, 0.1) is 6.10 Å². The third-order valence-corrected chi connectivity index (χ3v) is 9.71. The molecule has 25 heavy (non-hydrogen) atoms. The molecule has 4 saturated carbocycles. The second-order valence-electron chi connectivity index (χ2n) is 10.3. The molecule has 1 amide bonds. The molecular weight excluding hydrogens is 312 g/mol. The molecule has 8 atom stereocenters. The van der Waals surface area contributed by atoms with Crippen LogP contribution in [0.5, 0.6) is 0 Å². The lowest BCUT2D eigenvalue weighted by atomic mass is 9.45. The molecule has 138 valence electrons. The molecule has 1 spiro atoms. The average molecular weight is 344 g/mol. The molecule has 5 rings (SSSR count). The number of rotatable bonds is 1. The topological polar surface area (TPSA) is 66.6 Å². The Bertz CT molecular complexity index is 673. The van der Waals surface area contributed by atoms with E-state index in [0.717, 1.165) is 36.7 Å². The van der Waals surface area contributed by atoms with Gasteiger partial charge in [0.25, 0.3) is 5.91 Å². The predicted molar refractivity (Wildman–Crippen MR) is 96.0 cm³/mol. The maximum atomic E-state index is 12.6. The van der Waals surface area contributed by atoms with Crippen molar-refractivity contribution in [2.45, 2.75) is 64.9 Å². The van der Waals surface area contributed by atoms with Crippen LogP contribution in [-0.4, -0.2) is 29.2 Å². The van der Waals surface area contributed by atoms with Crippen LogP contribution in [-0.2, 0) is 4.79 Å². The Balaban J connectivity index is 1.49. The number of hydrogen-bond donors (Lipinski definition) is 2. The first kappa shape index (κ1) is 16.3. The highest BCUT2D eigenvalue weighted by atomic mass is 16.3. The summed E-state index contributed by atoms with van der Waals surface area (Å²) < 4.78 is 0. The Morgan fingerprint density at radius 1 is 1.28 bits per heavy atom. The summed E-state index contributed by atoms with van der Waals surface area (Å²) in [7, 11) is 1.65. The molecule has 0 bridgehead atoms. The second-order valence-corrected chi connectivity index (χ2v) is 10.3. The normalized spacial score (nSPS) is 55.6. The van der Waals surface area contributed by atoms with Gasteiger partial charge in [0.1, 0.15) is 0 Å². The molecule has 0 radical (unpaired) electrons. The maximum Gasteiger partial charge on any atom is 0.263 e. The first-order valence-corrected chi connectivity index (χ1v) is 10.2. The summed E-state index contributed by atoms with van der Waals surface area (Å²) in [6.07, 6.45) is 10.1. The van der Waals surface area contributed by atoms with Crippen LogP contribution in [0.15, 0.2) is 11.6 Å². The first-order valence-electron chi connectivity index (χ1n) is 10.2. The molecule has 5 aliphatic carbocycles. The van der Waals surface area contributed by atoms with Gasteiger partial charge < -0.3 is 5.11 Å². The number of aliphatic hydroxyl groups is 1. The smallest absolute Gasteiger partial charge is 0.263 e. The maximum absolute atomic E-state index is 12.6. The zero-order chi connectivity index (χ0) is 17.8. The number of hydrazine groups is 1. The van der Waals surface area contributed by atoms with E-state index in [1.54, 1.807) is 7.05 Å². The number of likely N-dealkylation sites (N-methyl/N-ethyl adjacent to an activating group) is 1. The molecule has 3 N–H and O–H groups in total. The van der Waals surface area contributed by atoms with E-state index >= 15 is 0 Å². The molecular formula is C21H32N2O2. The quantitative estimate of drug-likeness (QED) is 0.437. The third kappa shape index (κ3) is 1.69. The van der Waals surface area contributed by atoms with Crippen LogP contribution in [0.4, 0.5) is 0 Å². The summed E-state index contributed by atoms with van der Waals surface area (Å²) in [6, 6.07) is 0. The van der Waals surface area contributed by atoms with Crippen molar-refractivity contribution in [3.8, 4) is 0 Å². The summed E-state index contributed by atoms with van der Waals surface area (Å²) in [4.78, 5) is 12.6. The standard InChI is InChI=1S/C21H32N2O2/c1-19-8-7-15-13(14(19)4-5-16(19)18(25)23(3)22)10-17(24)21-11-12(21)6-9-20(15,21)2/h5,12-15,17,24H,4,6-11,22H2,1-3H3/t12-,13-,14-,15-,17-,19-,20+,21-/m0/s1. The highest BCUT2D eigenvalue weighted by Gasteiger charge is 2.77. The molecule has 0 unspecified atom stereocenters. The van der Waals surface area contributed by atoms with E-state index < -0.39 is 0 Å². The van der Waals surface area contributed by atoms with Crippen molar-refractivity contribution in [3.05, 3.63) is 11.6 Å². The van der Waals surface area contributed by atoms with Gasteiger partial charge >= 0.3 is 0 Å². The Hall–Kier alpha value is -0.870. The molecule has 0 saturated heterocycles. The fourth-order valence-corrected chi connectivity index (χ4v) is 8.40. The molecule has 0 aliphatic heterocycles. The number of amides is 1. The van der Waals surface area contributed by atoms with E-state index in [2.05, 4.69) is 19.9 Å². The largest absolute Gasteiger partial charge is 0.393 e. The number of aliphatic hydroxyl groups excluding tert-OH is 1. The van der Waals surface area contributed by atoms with Crippen LogP contribution in [0.2, 0.25) is 0 Å². The molecule has 0 aromatic carbocycles. The van der Waals surface area contributed by atoms with E-state index in [-0.39, 0.29) is 22.8 Å². The number of hydrogen-bond acceptors (Lipinski definition) is 3. The molecule has 4 nitrogen and oxygen atoms in total. The lowest BCUT2D eigenvalue weighted by molar-refractivity contribution is -0.146. The summed E-state index contributed by atoms with van der Waals surface area (Å²) in [5.41, 5.74) is 1.42. The fraction of sp³-hybridized carbons (Fsp3) is 0.857. The minimum Gasteiger partial charge on any atom is -0.393 e. The summed E-state index contributed by atoms with van der Waals surface area (Å²) in [6.45, 7) is 4.77. The monoisotopic (exact) mass is 344 g/mol. The number of allylic oxidation sites excluding steroid dienone is 1. The van der Waals surface area contributed by atoms with E-state index in [0.29, 0.717) is 17.3 Å². The van der Waals surface area contributed by atoms with Gasteiger partial charge in [-0.1, -0.05) is 19.9 Å². The van der Waals surface area contributed by atoms with E-state index in [4.69, 9.17) is 5.84 Å². The zero-order valence-corrected chi connectivity index (χ0v) is 15.8. The number of nitrogens with zero attached hydrogens (tertiary/aromatic N) is 1. The van der Waals surface area contributed by atoms with Gasteiger partial charge in [0.15, 0.2) is 0 Å². The van der Waals surface area contributed by atoms with Crippen molar-refractivity contribution in [2.24, 2.45) is 45.8 Å². The predicted octanol–water partition coefficient (Wildman–Crippen LogP) is 2.87. The van der Waals surface area contributed by atoms with Gasteiger partial charge in [-0.2, -0.15) is 0 Å².